The van der Waals surface area contributed by atoms with Crippen molar-refractivity contribution >= 4 is 11.9 Å². The van der Waals surface area contributed by atoms with E-state index in [1.54, 1.807) is 13.8 Å². The third-order valence-corrected chi connectivity index (χ3v) is 2.32. The van der Waals surface area contributed by atoms with Crippen molar-refractivity contribution in [2.24, 2.45) is 0 Å². The number of hydrogen-bond acceptors (Lipinski definition) is 6. The van der Waals surface area contributed by atoms with Crippen molar-refractivity contribution in [3.63, 3.8) is 0 Å². The molecule has 0 radical (unpaired) electrons. The molecule has 1 unspecified atom stereocenters. The molecule has 0 aromatic heterocycles. The highest BCUT2D eigenvalue weighted by Gasteiger charge is 2.18. The Labute approximate surface area is 110 Å². The lowest BCUT2D eigenvalue weighted by atomic mass is 10.1. The van der Waals surface area contributed by atoms with E-state index in [4.69, 9.17) is 4.74 Å². The van der Waals surface area contributed by atoms with E-state index < -0.39 is 24.0 Å². The second kappa shape index (κ2) is 6.75. The number of ether oxygens (including phenoxy) is 2. The number of aliphatic hydroxyl groups excluding tert-OH is 1. The number of esters is 2. The largest absolute Gasteiger partial charge is 0.507 e. The van der Waals surface area contributed by atoms with E-state index in [-0.39, 0.29) is 24.2 Å². The number of rotatable bonds is 5. The minimum absolute atomic E-state index is 0.124. The molecule has 0 aliphatic heterocycles. The number of carbonyl (C=O) groups is 2. The Kier molecular flexibility index (Phi) is 5.32. The SMILES string of the molecule is CCOC(=O)c1ccc(C(=O)OC(O)CC)c(O)c1. The van der Waals surface area contributed by atoms with Crippen LogP contribution in [0.4, 0.5) is 0 Å². The van der Waals surface area contributed by atoms with Crippen LogP contribution in [0.3, 0.4) is 0 Å². The van der Waals surface area contributed by atoms with Gasteiger partial charge in [-0.05, 0) is 25.1 Å². The van der Waals surface area contributed by atoms with Gasteiger partial charge in [0.25, 0.3) is 0 Å². The van der Waals surface area contributed by atoms with Crippen molar-refractivity contribution in [3.05, 3.63) is 29.3 Å². The van der Waals surface area contributed by atoms with Gasteiger partial charge < -0.3 is 19.7 Å². The van der Waals surface area contributed by atoms with Crippen LogP contribution < -0.4 is 0 Å². The molecule has 1 atom stereocenters. The summed E-state index contributed by atoms with van der Waals surface area (Å²) < 4.78 is 9.41. The van der Waals surface area contributed by atoms with Gasteiger partial charge in [-0.15, -0.1) is 0 Å². The molecule has 1 aromatic carbocycles. The fourth-order valence-electron chi connectivity index (χ4n) is 1.32. The first kappa shape index (κ1) is 15.0. The fraction of sp³-hybridized carbons (Fsp3) is 0.385. The van der Waals surface area contributed by atoms with E-state index >= 15 is 0 Å². The van der Waals surface area contributed by atoms with Crippen LogP contribution in [0.15, 0.2) is 18.2 Å². The Bertz CT molecular complexity index is 468. The van der Waals surface area contributed by atoms with Gasteiger partial charge >= 0.3 is 11.9 Å². The van der Waals surface area contributed by atoms with Crippen LogP contribution in [0.5, 0.6) is 5.75 Å². The number of carbonyl (C=O) groups excluding carboxylic acids is 2. The molecular formula is C13H16O6. The summed E-state index contributed by atoms with van der Waals surface area (Å²) in [6.07, 6.45) is -0.982. The summed E-state index contributed by atoms with van der Waals surface area (Å²) in [5.41, 5.74) is 0.00693. The first-order valence-electron chi connectivity index (χ1n) is 5.88. The number of phenolic OH excluding ortho intramolecular Hbond substituents is 1. The summed E-state index contributed by atoms with van der Waals surface area (Å²) in [5, 5.41) is 18.9. The normalized spacial score (nSPS) is 11.7. The van der Waals surface area contributed by atoms with Gasteiger partial charge in [-0.3, -0.25) is 0 Å². The molecule has 1 aromatic rings. The summed E-state index contributed by atoms with van der Waals surface area (Å²) >= 11 is 0. The fourth-order valence-corrected chi connectivity index (χ4v) is 1.32. The number of aliphatic hydroxyl groups is 1. The van der Waals surface area contributed by atoms with Crippen LogP contribution in [0.1, 0.15) is 41.0 Å². The molecule has 0 fully saturated rings. The van der Waals surface area contributed by atoms with Crippen molar-refractivity contribution in [2.75, 3.05) is 6.61 Å². The third kappa shape index (κ3) is 3.96. The van der Waals surface area contributed by atoms with E-state index in [0.717, 1.165) is 6.07 Å². The van der Waals surface area contributed by atoms with E-state index in [1.807, 2.05) is 0 Å². The number of hydrogen-bond donors (Lipinski definition) is 2. The molecule has 0 aliphatic rings. The van der Waals surface area contributed by atoms with Gasteiger partial charge in [-0.1, -0.05) is 6.92 Å². The van der Waals surface area contributed by atoms with Crippen LogP contribution in [0.25, 0.3) is 0 Å². The minimum Gasteiger partial charge on any atom is -0.507 e. The van der Waals surface area contributed by atoms with E-state index in [1.165, 1.54) is 12.1 Å². The van der Waals surface area contributed by atoms with E-state index in [0.29, 0.717) is 0 Å². The van der Waals surface area contributed by atoms with Crippen LogP contribution in [0.2, 0.25) is 0 Å². The van der Waals surface area contributed by atoms with Gasteiger partial charge in [-0.2, -0.15) is 0 Å². The minimum atomic E-state index is -1.23. The number of phenols is 1. The highest BCUT2D eigenvalue weighted by atomic mass is 16.6. The van der Waals surface area contributed by atoms with Crippen LogP contribution >= 0.6 is 0 Å². The first-order valence-corrected chi connectivity index (χ1v) is 5.88. The van der Waals surface area contributed by atoms with Gasteiger partial charge in [0.15, 0.2) is 0 Å². The lowest BCUT2D eigenvalue weighted by Crippen LogP contribution is -2.17. The van der Waals surface area contributed by atoms with Crippen molar-refractivity contribution in [1.29, 1.82) is 0 Å². The van der Waals surface area contributed by atoms with Crippen LogP contribution in [0, 0.1) is 0 Å². The zero-order chi connectivity index (χ0) is 14.4. The van der Waals surface area contributed by atoms with Gasteiger partial charge in [0, 0.05) is 6.42 Å². The summed E-state index contributed by atoms with van der Waals surface area (Å²) in [7, 11) is 0. The zero-order valence-electron chi connectivity index (χ0n) is 10.8. The molecule has 0 saturated heterocycles. The second-order valence-corrected chi connectivity index (χ2v) is 3.72. The predicted molar refractivity (Wildman–Crippen MR) is 65.8 cm³/mol. The quantitative estimate of drug-likeness (QED) is 0.620. The van der Waals surface area contributed by atoms with Gasteiger partial charge in [-0.25, -0.2) is 9.59 Å². The molecule has 19 heavy (non-hydrogen) atoms. The van der Waals surface area contributed by atoms with Crippen molar-refractivity contribution in [2.45, 2.75) is 26.6 Å². The van der Waals surface area contributed by atoms with Crippen molar-refractivity contribution in [1.82, 2.24) is 0 Å². The Morgan fingerprint density at radius 1 is 1.26 bits per heavy atom. The summed E-state index contributed by atoms with van der Waals surface area (Å²) in [4.78, 5) is 23.0. The topological polar surface area (TPSA) is 93.1 Å². The molecule has 6 heteroatoms. The second-order valence-electron chi connectivity index (χ2n) is 3.72. The zero-order valence-corrected chi connectivity index (χ0v) is 10.8. The van der Waals surface area contributed by atoms with E-state index in [9.17, 15) is 19.8 Å². The molecule has 0 aliphatic carbocycles. The average Bonchev–Trinajstić information content (AvgIpc) is 2.38. The number of aromatic hydroxyl groups is 1. The Morgan fingerprint density at radius 2 is 1.95 bits per heavy atom. The summed E-state index contributed by atoms with van der Waals surface area (Å²) in [6, 6.07) is 3.70. The van der Waals surface area contributed by atoms with E-state index in [2.05, 4.69) is 4.74 Å². The van der Waals surface area contributed by atoms with Crippen molar-refractivity contribution in [3.8, 4) is 5.75 Å². The molecular weight excluding hydrogens is 252 g/mol. The van der Waals surface area contributed by atoms with Crippen LogP contribution in [-0.2, 0) is 9.47 Å². The maximum Gasteiger partial charge on any atom is 0.344 e. The highest BCUT2D eigenvalue weighted by molar-refractivity contribution is 5.96. The Hall–Kier alpha value is -2.08. The van der Waals surface area contributed by atoms with Crippen LogP contribution in [-0.4, -0.2) is 35.0 Å². The van der Waals surface area contributed by atoms with Crippen molar-refractivity contribution < 1.29 is 29.3 Å². The molecule has 0 saturated carbocycles. The molecule has 2 N–H and O–H groups in total. The molecule has 6 nitrogen and oxygen atoms in total. The summed E-state index contributed by atoms with van der Waals surface area (Å²) in [5.74, 6) is -1.85. The predicted octanol–water partition coefficient (Wildman–Crippen LogP) is 1.45. The number of benzene rings is 1. The first-order chi connectivity index (χ1) is 8.99. The Balaban J connectivity index is 2.88. The molecule has 0 amide bonds. The Morgan fingerprint density at radius 3 is 2.47 bits per heavy atom. The molecule has 1 rings (SSSR count). The lowest BCUT2D eigenvalue weighted by Gasteiger charge is -2.11. The monoisotopic (exact) mass is 268 g/mol. The molecule has 0 bridgehead atoms. The maximum absolute atomic E-state index is 11.6. The third-order valence-electron chi connectivity index (χ3n) is 2.32. The standard InChI is InChI=1S/C13H16O6/c1-3-11(15)19-13(17)9-6-5-8(7-10(9)14)12(16)18-4-2/h5-7,11,14-15H,3-4H2,1-2H3. The smallest absolute Gasteiger partial charge is 0.344 e. The maximum atomic E-state index is 11.6. The lowest BCUT2D eigenvalue weighted by molar-refractivity contribution is -0.0658. The average molecular weight is 268 g/mol. The van der Waals surface area contributed by atoms with Gasteiger partial charge in [0.05, 0.1) is 12.2 Å². The molecule has 104 valence electrons. The molecule has 0 heterocycles. The summed E-state index contributed by atoms with van der Waals surface area (Å²) in [6.45, 7) is 3.52. The van der Waals surface area contributed by atoms with Gasteiger partial charge in [0.2, 0.25) is 6.29 Å². The van der Waals surface area contributed by atoms with Gasteiger partial charge in [0.1, 0.15) is 11.3 Å². The molecule has 0 spiro atoms. The highest BCUT2D eigenvalue weighted by Crippen LogP contribution is 2.21.